The number of ether oxygens (including phenoxy) is 1. The minimum Gasteiger partial charge on any atom is -0.382 e. The topological polar surface area (TPSA) is 21.3 Å². The van der Waals surface area contributed by atoms with Crippen molar-refractivity contribution in [3.8, 4) is 0 Å². The van der Waals surface area contributed by atoms with Crippen LogP contribution >= 0.6 is 0 Å². The van der Waals surface area contributed by atoms with E-state index in [-0.39, 0.29) is 0 Å². The molecular formula is C12H25NO. The smallest absolute Gasteiger partial charge is 0.0480 e. The largest absolute Gasteiger partial charge is 0.382 e. The second-order valence-corrected chi connectivity index (χ2v) is 3.80. The highest BCUT2D eigenvalue weighted by Crippen LogP contribution is 2.06. The average Bonchev–Trinajstić information content (AvgIpc) is 2.13. The van der Waals surface area contributed by atoms with Gasteiger partial charge in [0.2, 0.25) is 0 Å². The van der Waals surface area contributed by atoms with Crippen LogP contribution in [0, 0.1) is 0 Å². The van der Waals surface area contributed by atoms with Gasteiger partial charge in [0.25, 0.3) is 0 Å². The molecule has 0 saturated carbocycles. The molecule has 0 bridgehead atoms. The molecule has 1 atom stereocenters. The molecule has 2 heteroatoms. The minimum absolute atomic E-state index is 0.541. The minimum atomic E-state index is 0.541. The first-order valence-electron chi connectivity index (χ1n) is 5.66. The molecule has 0 aromatic heterocycles. The lowest BCUT2D eigenvalue weighted by atomic mass is 10.1. The fraction of sp³-hybridized carbons (Fsp3) is 0.833. The number of hydrogen-bond donors (Lipinski definition) is 1. The van der Waals surface area contributed by atoms with Gasteiger partial charge in [0, 0.05) is 19.3 Å². The van der Waals surface area contributed by atoms with Crippen molar-refractivity contribution in [1.82, 2.24) is 5.32 Å². The van der Waals surface area contributed by atoms with Crippen molar-refractivity contribution in [3.63, 3.8) is 0 Å². The molecule has 1 unspecified atom stereocenters. The highest BCUT2D eigenvalue weighted by atomic mass is 16.5. The SMILES string of the molecule is C=C(C)CC(CCOCC)NCCC. The number of nitrogens with one attached hydrogen (secondary N) is 1. The molecule has 0 spiro atoms. The summed E-state index contributed by atoms with van der Waals surface area (Å²) in [5.74, 6) is 0. The monoisotopic (exact) mass is 199 g/mol. The highest BCUT2D eigenvalue weighted by Gasteiger charge is 2.06. The molecule has 0 radical (unpaired) electrons. The summed E-state index contributed by atoms with van der Waals surface area (Å²) in [5, 5.41) is 3.52. The van der Waals surface area contributed by atoms with E-state index in [0.29, 0.717) is 6.04 Å². The van der Waals surface area contributed by atoms with Crippen LogP contribution in [0.3, 0.4) is 0 Å². The lowest BCUT2D eigenvalue weighted by Gasteiger charge is -2.18. The van der Waals surface area contributed by atoms with Crippen LogP contribution in [-0.4, -0.2) is 25.8 Å². The summed E-state index contributed by atoms with van der Waals surface area (Å²) >= 11 is 0. The van der Waals surface area contributed by atoms with Crippen molar-refractivity contribution in [2.75, 3.05) is 19.8 Å². The van der Waals surface area contributed by atoms with Gasteiger partial charge in [-0.25, -0.2) is 0 Å². The van der Waals surface area contributed by atoms with Gasteiger partial charge < -0.3 is 10.1 Å². The Kier molecular flexibility index (Phi) is 9.00. The summed E-state index contributed by atoms with van der Waals surface area (Å²) in [6.07, 6.45) is 3.33. The molecule has 0 heterocycles. The zero-order valence-corrected chi connectivity index (χ0v) is 9.94. The first kappa shape index (κ1) is 13.7. The van der Waals surface area contributed by atoms with Crippen LogP contribution in [-0.2, 0) is 4.74 Å². The summed E-state index contributed by atoms with van der Waals surface area (Å²) in [6, 6.07) is 0.541. The third kappa shape index (κ3) is 8.27. The molecular weight excluding hydrogens is 174 g/mol. The molecule has 2 nitrogen and oxygen atoms in total. The normalized spacial score (nSPS) is 12.8. The fourth-order valence-electron chi connectivity index (χ4n) is 1.42. The molecule has 0 aliphatic rings. The van der Waals surface area contributed by atoms with Gasteiger partial charge in [-0.05, 0) is 39.7 Å². The zero-order valence-electron chi connectivity index (χ0n) is 9.94. The van der Waals surface area contributed by atoms with Crippen LogP contribution in [0.2, 0.25) is 0 Å². The second kappa shape index (κ2) is 9.22. The van der Waals surface area contributed by atoms with E-state index in [9.17, 15) is 0 Å². The average molecular weight is 199 g/mol. The lowest BCUT2D eigenvalue weighted by molar-refractivity contribution is 0.136. The van der Waals surface area contributed by atoms with Crippen LogP contribution in [0.1, 0.15) is 40.0 Å². The van der Waals surface area contributed by atoms with Crippen molar-refractivity contribution in [3.05, 3.63) is 12.2 Å². The van der Waals surface area contributed by atoms with Crippen LogP contribution in [0.25, 0.3) is 0 Å². The predicted octanol–water partition coefficient (Wildman–Crippen LogP) is 2.75. The molecule has 0 aliphatic carbocycles. The van der Waals surface area contributed by atoms with Gasteiger partial charge in [-0.2, -0.15) is 0 Å². The summed E-state index contributed by atoms with van der Waals surface area (Å²) < 4.78 is 5.36. The highest BCUT2D eigenvalue weighted by molar-refractivity contribution is 4.92. The fourth-order valence-corrected chi connectivity index (χ4v) is 1.42. The van der Waals surface area contributed by atoms with E-state index in [0.717, 1.165) is 32.6 Å². The van der Waals surface area contributed by atoms with Crippen molar-refractivity contribution in [2.24, 2.45) is 0 Å². The van der Waals surface area contributed by atoms with E-state index in [4.69, 9.17) is 4.74 Å². The molecule has 1 N–H and O–H groups in total. The Hall–Kier alpha value is -0.340. The van der Waals surface area contributed by atoms with Gasteiger partial charge in [-0.15, -0.1) is 6.58 Å². The Bertz CT molecular complexity index is 145. The van der Waals surface area contributed by atoms with Gasteiger partial charge in [-0.1, -0.05) is 12.5 Å². The molecule has 0 aromatic carbocycles. The number of rotatable bonds is 9. The van der Waals surface area contributed by atoms with Crippen LogP contribution in [0.5, 0.6) is 0 Å². The van der Waals surface area contributed by atoms with Crippen molar-refractivity contribution in [1.29, 1.82) is 0 Å². The summed E-state index contributed by atoms with van der Waals surface area (Å²) in [4.78, 5) is 0. The van der Waals surface area contributed by atoms with E-state index in [1.54, 1.807) is 0 Å². The third-order valence-corrected chi connectivity index (χ3v) is 2.09. The van der Waals surface area contributed by atoms with Gasteiger partial charge in [0.1, 0.15) is 0 Å². The van der Waals surface area contributed by atoms with Crippen molar-refractivity contribution < 1.29 is 4.74 Å². The summed E-state index contributed by atoms with van der Waals surface area (Å²) in [6.45, 7) is 13.0. The maximum absolute atomic E-state index is 5.36. The van der Waals surface area contributed by atoms with Crippen LogP contribution in [0.15, 0.2) is 12.2 Å². The van der Waals surface area contributed by atoms with E-state index >= 15 is 0 Å². The standard InChI is InChI=1S/C12H25NO/c1-5-8-13-12(10-11(3)4)7-9-14-6-2/h12-13H,3,5-10H2,1-2,4H3. The number of hydrogen-bond acceptors (Lipinski definition) is 2. The molecule has 0 aromatic rings. The molecule has 0 aliphatic heterocycles. The van der Waals surface area contributed by atoms with E-state index in [1.165, 1.54) is 12.0 Å². The molecule has 0 fully saturated rings. The van der Waals surface area contributed by atoms with Crippen molar-refractivity contribution >= 4 is 0 Å². The molecule has 14 heavy (non-hydrogen) atoms. The van der Waals surface area contributed by atoms with Gasteiger partial charge in [0.15, 0.2) is 0 Å². The van der Waals surface area contributed by atoms with E-state index in [2.05, 4.69) is 25.7 Å². The van der Waals surface area contributed by atoms with E-state index < -0.39 is 0 Å². The maximum Gasteiger partial charge on any atom is 0.0480 e. The van der Waals surface area contributed by atoms with Crippen molar-refractivity contribution in [2.45, 2.75) is 46.1 Å². The van der Waals surface area contributed by atoms with E-state index in [1.807, 2.05) is 6.92 Å². The molecule has 84 valence electrons. The quantitative estimate of drug-likeness (QED) is 0.455. The summed E-state index contributed by atoms with van der Waals surface area (Å²) in [7, 11) is 0. The Balaban J connectivity index is 3.66. The van der Waals surface area contributed by atoms with Crippen LogP contribution < -0.4 is 5.32 Å². The Labute approximate surface area is 88.7 Å². The first-order valence-corrected chi connectivity index (χ1v) is 5.66. The Morgan fingerprint density at radius 3 is 2.64 bits per heavy atom. The van der Waals surface area contributed by atoms with Gasteiger partial charge in [0.05, 0.1) is 0 Å². The maximum atomic E-state index is 5.36. The van der Waals surface area contributed by atoms with Gasteiger partial charge >= 0.3 is 0 Å². The predicted molar refractivity (Wildman–Crippen MR) is 62.6 cm³/mol. The summed E-state index contributed by atoms with van der Waals surface area (Å²) in [5.41, 5.74) is 1.25. The third-order valence-electron chi connectivity index (χ3n) is 2.09. The second-order valence-electron chi connectivity index (χ2n) is 3.80. The van der Waals surface area contributed by atoms with Crippen LogP contribution in [0.4, 0.5) is 0 Å². The lowest BCUT2D eigenvalue weighted by Crippen LogP contribution is -2.31. The first-order chi connectivity index (χ1) is 6.70. The Morgan fingerprint density at radius 2 is 2.14 bits per heavy atom. The molecule has 0 saturated heterocycles. The molecule has 0 amide bonds. The zero-order chi connectivity index (χ0) is 10.8. The Morgan fingerprint density at radius 1 is 1.43 bits per heavy atom. The molecule has 0 rings (SSSR count). The van der Waals surface area contributed by atoms with Gasteiger partial charge in [-0.3, -0.25) is 0 Å².